The number of carbonyl (C=O) groups excluding carboxylic acids is 2. The molecule has 0 saturated carbocycles. The van der Waals surface area contributed by atoms with Crippen molar-refractivity contribution in [2.75, 3.05) is 6.61 Å². The van der Waals surface area contributed by atoms with Crippen LogP contribution in [-0.4, -0.2) is 41.8 Å². The number of hydrogen-bond donors (Lipinski definition) is 3. The molecule has 0 radical (unpaired) electrons. The molecule has 1 aliphatic carbocycles. The number of aliphatic carboxylic acids is 1. The molecule has 0 spiro atoms. The maximum atomic E-state index is 13.2. The molecule has 0 heterocycles. The predicted molar refractivity (Wildman–Crippen MR) is 141 cm³/mol. The maximum absolute atomic E-state index is 13.2. The first-order chi connectivity index (χ1) is 18.2. The van der Waals surface area contributed by atoms with Crippen molar-refractivity contribution in [1.82, 2.24) is 10.6 Å². The van der Waals surface area contributed by atoms with E-state index in [4.69, 9.17) is 4.74 Å². The molecule has 8 heteroatoms. The van der Waals surface area contributed by atoms with E-state index in [-0.39, 0.29) is 24.9 Å². The van der Waals surface area contributed by atoms with Gasteiger partial charge < -0.3 is 20.5 Å². The molecule has 3 N–H and O–H groups in total. The number of carbonyl (C=O) groups is 3. The minimum absolute atomic E-state index is 0.0271. The molecule has 4 rings (SSSR count). The number of hydrogen-bond acceptors (Lipinski definition) is 4. The molecule has 3 aromatic rings. The van der Waals surface area contributed by atoms with Gasteiger partial charge in [0.05, 0.1) is 0 Å². The van der Waals surface area contributed by atoms with Crippen molar-refractivity contribution in [2.45, 2.75) is 44.7 Å². The quantitative estimate of drug-likeness (QED) is 0.355. The van der Waals surface area contributed by atoms with Crippen LogP contribution in [0.4, 0.5) is 9.18 Å². The Kier molecular flexibility index (Phi) is 8.41. The SMILES string of the molecule is CC(C)C[C@H](NC(=O)OCC1c2ccccc2-c2ccccc21)C(=O)N[C@@H](Cc1ccc(F)cc1)C(=O)O. The van der Waals surface area contributed by atoms with Gasteiger partial charge in [-0.3, -0.25) is 4.79 Å². The highest BCUT2D eigenvalue weighted by molar-refractivity contribution is 5.89. The molecule has 38 heavy (non-hydrogen) atoms. The average molecular weight is 519 g/mol. The fraction of sp³-hybridized carbons (Fsp3) is 0.300. The smallest absolute Gasteiger partial charge is 0.407 e. The van der Waals surface area contributed by atoms with Gasteiger partial charge in [0.2, 0.25) is 5.91 Å². The normalized spacial score (nSPS) is 13.8. The molecule has 0 fully saturated rings. The summed E-state index contributed by atoms with van der Waals surface area (Å²) in [6.45, 7) is 3.89. The Bertz CT molecular complexity index is 1260. The van der Waals surface area contributed by atoms with Gasteiger partial charge in [-0.1, -0.05) is 74.5 Å². The number of halogens is 1. The number of carboxylic acid groups (broad SMARTS) is 1. The van der Waals surface area contributed by atoms with Gasteiger partial charge in [0, 0.05) is 12.3 Å². The van der Waals surface area contributed by atoms with Crippen molar-refractivity contribution < 1.29 is 28.6 Å². The average Bonchev–Trinajstić information content (AvgIpc) is 3.21. The van der Waals surface area contributed by atoms with Gasteiger partial charge in [0.25, 0.3) is 0 Å². The van der Waals surface area contributed by atoms with Crippen LogP contribution in [0.25, 0.3) is 11.1 Å². The van der Waals surface area contributed by atoms with Crippen LogP contribution in [-0.2, 0) is 20.7 Å². The van der Waals surface area contributed by atoms with E-state index in [1.165, 1.54) is 24.3 Å². The van der Waals surface area contributed by atoms with Crippen LogP contribution in [0.2, 0.25) is 0 Å². The first kappa shape index (κ1) is 26.9. The van der Waals surface area contributed by atoms with Gasteiger partial charge in [-0.25, -0.2) is 14.0 Å². The summed E-state index contributed by atoms with van der Waals surface area (Å²) in [5, 5.41) is 14.8. The summed E-state index contributed by atoms with van der Waals surface area (Å²) >= 11 is 0. The van der Waals surface area contributed by atoms with Crippen LogP contribution in [0.3, 0.4) is 0 Å². The van der Waals surface area contributed by atoms with E-state index in [1.54, 1.807) is 0 Å². The summed E-state index contributed by atoms with van der Waals surface area (Å²) in [6, 6.07) is 19.1. The molecule has 0 aliphatic heterocycles. The Morgan fingerprint density at radius 1 is 0.868 bits per heavy atom. The Labute approximate surface area is 221 Å². The number of benzene rings is 3. The van der Waals surface area contributed by atoms with Crippen LogP contribution in [0.15, 0.2) is 72.8 Å². The van der Waals surface area contributed by atoms with Crippen LogP contribution < -0.4 is 10.6 Å². The minimum Gasteiger partial charge on any atom is -0.480 e. The third-order valence-corrected chi connectivity index (χ3v) is 6.63. The summed E-state index contributed by atoms with van der Waals surface area (Å²) in [4.78, 5) is 37.7. The van der Waals surface area contributed by atoms with E-state index in [9.17, 15) is 23.9 Å². The summed E-state index contributed by atoms with van der Waals surface area (Å²) in [7, 11) is 0. The summed E-state index contributed by atoms with van der Waals surface area (Å²) in [5.41, 5.74) is 4.92. The van der Waals surface area contributed by atoms with E-state index in [1.807, 2.05) is 62.4 Å². The topological polar surface area (TPSA) is 105 Å². The molecule has 7 nitrogen and oxygen atoms in total. The van der Waals surface area contributed by atoms with Crippen molar-refractivity contribution in [3.05, 3.63) is 95.3 Å². The van der Waals surface area contributed by atoms with E-state index < -0.39 is 35.9 Å². The zero-order valence-corrected chi connectivity index (χ0v) is 21.3. The minimum atomic E-state index is -1.24. The second-order valence-electron chi connectivity index (χ2n) is 9.88. The largest absolute Gasteiger partial charge is 0.480 e. The summed E-state index contributed by atoms with van der Waals surface area (Å²) in [5.74, 6) is -2.37. The highest BCUT2D eigenvalue weighted by atomic mass is 19.1. The molecule has 3 aromatic carbocycles. The number of amides is 2. The second-order valence-corrected chi connectivity index (χ2v) is 9.88. The monoisotopic (exact) mass is 518 g/mol. The van der Waals surface area contributed by atoms with Gasteiger partial charge in [-0.2, -0.15) is 0 Å². The van der Waals surface area contributed by atoms with E-state index in [0.717, 1.165) is 22.3 Å². The third-order valence-electron chi connectivity index (χ3n) is 6.63. The molecule has 0 bridgehead atoms. The zero-order chi connectivity index (χ0) is 27.2. The summed E-state index contributed by atoms with van der Waals surface area (Å²) in [6.07, 6.45) is -0.488. The number of carboxylic acids is 1. The van der Waals surface area contributed by atoms with Crippen molar-refractivity contribution in [3.63, 3.8) is 0 Å². The van der Waals surface area contributed by atoms with Gasteiger partial charge in [0.15, 0.2) is 0 Å². The van der Waals surface area contributed by atoms with Gasteiger partial charge >= 0.3 is 12.1 Å². The number of ether oxygens (including phenoxy) is 1. The number of fused-ring (bicyclic) bond motifs is 3. The summed E-state index contributed by atoms with van der Waals surface area (Å²) < 4.78 is 18.8. The lowest BCUT2D eigenvalue weighted by atomic mass is 9.98. The first-order valence-electron chi connectivity index (χ1n) is 12.6. The first-order valence-corrected chi connectivity index (χ1v) is 12.6. The molecule has 2 amide bonds. The number of alkyl carbamates (subject to hydrolysis) is 1. The fourth-order valence-electron chi connectivity index (χ4n) is 4.81. The van der Waals surface area contributed by atoms with Gasteiger partial charge in [0.1, 0.15) is 24.5 Å². The molecule has 2 atom stereocenters. The zero-order valence-electron chi connectivity index (χ0n) is 21.3. The van der Waals surface area contributed by atoms with Gasteiger partial charge in [-0.15, -0.1) is 0 Å². The maximum Gasteiger partial charge on any atom is 0.407 e. The lowest BCUT2D eigenvalue weighted by Crippen LogP contribution is -2.52. The Hall–Kier alpha value is -4.20. The lowest BCUT2D eigenvalue weighted by Gasteiger charge is -2.23. The van der Waals surface area contributed by atoms with E-state index in [0.29, 0.717) is 12.0 Å². The van der Waals surface area contributed by atoms with Crippen molar-refractivity contribution >= 4 is 18.0 Å². The van der Waals surface area contributed by atoms with Crippen LogP contribution >= 0.6 is 0 Å². The van der Waals surface area contributed by atoms with Crippen LogP contribution in [0.1, 0.15) is 42.9 Å². The fourth-order valence-corrected chi connectivity index (χ4v) is 4.81. The Morgan fingerprint density at radius 3 is 2.00 bits per heavy atom. The molecule has 0 aromatic heterocycles. The van der Waals surface area contributed by atoms with Crippen molar-refractivity contribution in [2.24, 2.45) is 5.92 Å². The molecule has 0 saturated heterocycles. The molecule has 198 valence electrons. The molecular formula is C30H31FN2O5. The van der Waals surface area contributed by atoms with Crippen LogP contribution in [0.5, 0.6) is 0 Å². The predicted octanol–water partition coefficient (Wildman–Crippen LogP) is 4.89. The Balaban J connectivity index is 1.41. The van der Waals surface area contributed by atoms with Crippen LogP contribution in [0, 0.1) is 11.7 Å². The van der Waals surface area contributed by atoms with E-state index in [2.05, 4.69) is 10.6 Å². The standard InChI is InChI=1S/C30H31FN2O5/c1-18(2)15-26(28(34)32-27(29(35)36)16-19-11-13-20(31)14-12-19)33-30(37)38-17-25-23-9-5-3-7-21(23)22-8-4-6-10-24(22)25/h3-14,18,25-27H,15-17H2,1-2H3,(H,32,34)(H,33,37)(H,35,36)/t26-,27-/m0/s1. The van der Waals surface area contributed by atoms with Crippen molar-refractivity contribution in [1.29, 1.82) is 0 Å². The second kappa shape index (κ2) is 11.9. The molecule has 1 aliphatic rings. The number of nitrogens with one attached hydrogen (secondary N) is 2. The van der Waals surface area contributed by atoms with Gasteiger partial charge in [-0.05, 0) is 52.3 Å². The Morgan fingerprint density at radius 2 is 1.45 bits per heavy atom. The molecular weight excluding hydrogens is 487 g/mol. The van der Waals surface area contributed by atoms with E-state index >= 15 is 0 Å². The molecule has 0 unspecified atom stereocenters. The highest BCUT2D eigenvalue weighted by Crippen LogP contribution is 2.44. The lowest BCUT2D eigenvalue weighted by molar-refractivity contribution is -0.142. The highest BCUT2D eigenvalue weighted by Gasteiger charge is 2.31. The number of rotatable bonds is 10. The van der Waals surface area contributed by atoms with Crippen molar-refractivity contribution in [3.8, 4) is 11.1 Å². The third kappa shape index (κ3) is 6.37.